The van der Waals surface area contributed by atoms with E-state index >= 15 is 0 Å². The largest absolute Gasteiger partial charge is 0.466 e. The monoisotopic (exact) mass is 371 g/mol. The molecule has 142 valence electrons. The van der Waals surface area contributed by atoms with Crippen LogP contribution in [0.25, 0.3) is 0 Å². The Morgan fingerprint density at radius 1 is 1.18 bits per heavy atom. The topological polar surface area (TPSA) is 29.5 Å². The standard InChI is InChI=1S/C25H25NO2/c1-4-18-26(20-23-10-8-7-9-11-23)24(19-25(27)28-6-3)17-16-22-14-12-21(5-2)13-15-22/h2,4,7-15,24H,1,6,18-20H2,3H3. The van der Waals surface area contributed by atoms with Gasteiger partial charge in [0.15, 0.2) is 0 Å². The lowest BCUT2D eigenvalue weighted by atomic mass is 10.1. The van der Waals surface area contributed by atoms with Crippen LogP contribution in [0.4, 0.5) is 0 Å². The highest BCUT2D eigenvalue weighted by Crippen LogP contribution is 2.12. The van der Waals surface area contributed by atoms with E-state index in [1.54, 1.807) is 6.92 Å². The molecule has 0 saturated carbocycles. The van der Waals surface area contributed by atoms with Crippen LogP contribution >= 0.6 is 0 Å². The lowest BCUT2D eigenvalue weighted by Crippen LogP contribution is -2.36. The normalized spacial score (nSPS) is 11.0. The summed E-state index contributed by atoms with van der Waals surface area (Å²) in [4.78, 5) is 14.3. The molecule has 0 saturated heterocycles. The van der Waals surface area contributed by atoms with Crippen molar-refractivity contribution in [3.05, 3.63) is 83.9 Å². The van der Waals surface area contributed by atoms with E-state index in [2.05, 4.69) is 41.4 Å². The van der Waals surface area contributed by atoms with Gasteiger partial charge >= 0.3 is 5.97 Å². The minimum absolute atomic E-state index is 0.198. The molecule has 0 bridgehead atoms. The quantitative estimate of drug-likeness (QED) is 0.399. The maximum Gasteiger partial charge on any atom is 0.308 e. The highest BCUT2D eigenvalue weighted by atomic mass is 16.5. The molecular weight excluding hydrogens is 346 g/mol. The van der Waals surface area contributed by atoms with E-state index in [4.69, 9.17) is 11.2 Å². The van der Waals surface area contributed by atoms with Crippen LogP contribution in [0.2, 0.25) is 0 Å². The predicted octanol–water partition coefficient (Wildman–Crippen LogP) is 4.03. The molecule has 0 radical (unpaired) electrons. The van der Waals surface area contributed by atoms with E-state index in [0.29, 0.717) is 19.7 Å². The van der Waals surface area contributed by atoms with Crippen molar-refractivity contribution in [2.75, 3.05) is 13.2 Å². The van der Waals surface area contributed by atoms with Crippen molar-refractivity contribution in [1.29, 1.82) is 0 Å². The van der Waals surface area contributed by atoms with E-state index in [0.717, 1.165) is 16.7 Å². The molecule has 0 aliphatic rings. The van der Waals surface area contributed by atoms with Crippen molar-refractivity contribution in [2.45, 2.75) is 25.9 Å². The average molecular weight is 371 g/mol. The van der Waals surface area contributed by atoms with Gasteiger partial charge in [0.2, 0.25) is 0 Å². The van der Waals surface area contributed by atoms with Gasteiger partial charge in [-0.3, -0.25) is 9.69 Å². The molecular formula is C25H25NO2. The van der Waals surface area contributed by atoms with Gasteiger partial charge in [-0.2, -0.15) is 0 Å². The third kappa shape index (κ3) is 6.80. The van der Waals surface area contributed by atoms with Crippen molar-refractivity contribution in [1.82, 2.24) is 4.90 Å². The Hall–Kier alpha value is -3.27. The fourth-order valence-corrected chi connectivity index (χ4v) is 2.75. The molecule has 28 heavy (non-hydrogen) atoms. The summed E-state index contributed by atoms with van der Waals surface area (Å²) in [5.74, 6) is 8.74. The molecule has 1 unspecified atom stereocenters. The second-order valence-corrected chi connectivity index (χ2v) is 6.22. The molecule has 0 aliphatic heterocycles. The molecule has 2 aromatic rings. The number of carbonyl (C=O) groups excluding carboxylic acids is 1. The first-order chi connectivity index (χ1) is 13.7. The minimum atomic E-state index is -0.287. The van der Waals surface area contributed by atoms with Gasteiger partial charge in [0.25, 0.3) is 0 Å². The smallest absolute Gasteiger partial charge is 0.308 e. The fraction of sp³-hybridized carbons (Fsp3) is 0.240. The Kier molecular flexibility index (Phi) is 8.60. The van der Waals surface area contributed by atoms with Gasteiger partial charge in [0.05, 0.1) is 19.1 Å². The molecule has 0 aliphatic carbocycles. The molecule has 0 amide bonds. The maximum absolute atomic E-state index is 12.1. The second kappa shape index (κ2) is 11.4. The second-order valence-electron chi connectivity index (χ2n) is 6.22. The van der Waals surface area contributed by atoms with Crippen LogP contribution in [-0.4, -0.2) is 30.1 Å². The molecule has 0 spiro atoms. The Morgan fingerprint density at radius 2 is 1.86 bits per heavy atom. The lowest BCUT2D eigenvalue weighted by molar-refractivity contribution is -0.144. The van der Waals surface area contributed by atoms with Crippen LogP contribution < -0.4 is 0 Å². The van der Waals surface area contributed by atoms with Gasteiger partial charge in [-0.1, -0.05) is 54.2 Å². The number of nitrogens with zero attached hydrogens (tertiary/aromatic N) is 1. The molecule has 3 nitrogen and oxygen atoms in total. The maximum atomic E-state index is 12.1. The van der Waals surface area contributed by atoms with Gasteiger partial charge in [0.1, 0.15) is 0 Å². The lowest BCUT2D eigenvalue weighted by Gasteiger charge is -2.26. The van der Waals surface area contributed by atoms with Crippen LogP contribution in [0.15, 0.2) is 67.3 Å². The van der Waals surface area contributed by atoms with Crippen molar-refractivity contribution in [2.24, 2.45) is 0 Å². The van der Waals surface area contributed by atoms with Crippen LogP contribution in [0.1, 0.15) is 30.0 Å². The highest BCUT2D eigenvalue weighted by Gasteiger charge is 2.20. The summed E-state index contributed by atoms with van der Waals surface area (Å²) < 4.78 is 5.15. The number of rotatable bonds is 8. The first-order valence-electron chi connectivity index (χ1n) is 9.29. The molecule has 0 N–H and O–H groups in total. The zero-order valence-corrected chi connectivity index (χ0v) is 16.2. The highest BCUT2D eigenvalue weighted by molar-refractivity contribution is 5.70. The number of esters is 1. The molecule has 0 fully saturated rings. The number of terminal acetylenes is 1. The first kappa shape index (κ1) is 21.0. The molecule has 2 aromatic carbocycles. The summed E-state index contributed by atoms with van der Waals surface area (Å²) in [6.07, 6.45) is 7.42. The summed E-state index contributed by atoms with van der Waals surface area (Å²) in [5, 5.41) is 0. The van der Waals surface area contributed by atoms with Crippen LogP contribution in [-0.2, 0) is 16.1 Å². The van der Waals surface area contributed by atoms with Crippen molar-refractivity contribution < 1.29 is 9.53 Å². The molecule has 2 rings (SSSR count). The summed E-state index contributed by atoms with van der Waals surface area (Å²) in [7, 11) is 0. The van der Waals surface area contributed by atoms with Gasteiger partial charge < -0.3 is 4.74 Å². The van der Waals surface area contributed by atoms with E-state index in [9.17, 15) is 4.79 Å². The van der Waals surface area contributed by atoms with E-state index in [1.165, 1.54) is 0 Å². The number of hydrogen-bond donors (Lipinski definition) is 0. The zero-order chi connectivity index (χ0) is 20.2. The molecule has 0 heterocycles. The van der Waals surface area contributed by atoms with Crippen LogP contribution in [0, 0.1) is 24.2 Å². The number of ether oxygens (including phenoxy) is 1. The zero-order valence-electron chi connectivity index (χ0n) is 16.2. The summed E-state index contributed by atoms with van der Waals surface area (Å²) in [6, 6.07) is 17.3. The Morgan fingerprint density at radius 3 is 2.46 bits per heavy atom. The van der Waals surface area contributed by atoms with Gasteiger partial charge in [-0.15, -0.1) is 13.0 Å². The molecule has 1 atom stereocenters. The Bertz CT molecular complexity index is 867. The van der Waals surface area contributed by atoms with Crippen LogP contribution in [0.5, 0.6) is 0 Å². The average Bonchev–Trinajstić information content (AvgIpc) is 2.72. The van der Waals surface area contributed by atoms with E-state index in [1.807, 2.05) is 48.5 Å². The van der Waals surface area contributed by atoms with Gasteiger partial charge in [0, 0.05) is 24.2 Å². The summed E-state index contributed by atoms with van der Waals surface area (Å²) in [6.45, 7) is 7.29. The van der Waals surface area contributed by atoms with Crippen molar-refractivity contribution in [3.63, 3.8) is 0 Å². The van der Waals surface area contributed by atoms with Gasteiger partial charge in [-0.05, 0) is 36.8 Å². The number of carbonyl (C=O) groups is 1. The van der Waals surface area contributed by atoms with E-state index in [-0.39, 0.29) is 18.4 Å². The van der Waals surface area contributed by atoms with E-state index < -0.39 is 0 Å². The predicted molar refractivity (Wildman–Crippen MR) is 113 cm³/mol. The van der Waals surface area contributed by atoms with Gasteiger partial charge in [-0.25, -0.2) is 0 Å². The summed E-state index contributed by atoms with van der Waals surface area (Å²) in [5.41, 5.74) is 2.82. The first-order valence-corrected chi connectivity index (χ1v) is 9.29. The SMILES string of the molecule is C#Cc1ccc(C#CC(CC(=O)OCC)N(CC=C)Cc2ccccc2)cc1. The third-order valence-electron chi connectivity index (χ3n) is 4.13. The Balaban J connectivity index is 2.27. The fourth-order valence-electron chi connectivity index (χ4n) is 2.75. The van der Waals surface area contributed by atoms with Crippen LogP contribution in [0.3, 0.4) is 0 Å². The van der Waals surface area contributed by atoms with Crippen molar-refractivity contribution in [3.8, 4) is 24.2 Å². The number of benzene rings is 2. The molecule has 0 aromatic heterocycles. The Labute approximate surface area is 168 Å². The van der Waals surface area contributed by atoms with Crippen molar-refractivity contribution >= 4 is 5.97 Å². The molecule has 3 heteroatoms. The third-order valence-corrected chi connectivity index (χ3v) is 4.13. The number of hydrogen-bond acceptors (Lipinski definition) is 3. The minimum Gasteiger partial charge on any atom is -0.466 e. The summed E-state index contributed by atoms with van der Waals surface area (Å²) >= 11 is 0.